The summed E-state index contributed by atoms with van der Waals surface area (Å²) in [5.41, 5.74) is 0. The zero-order valence-electron chi connectivity index (χ0n) is 7.29. The van der Waals surface area contributed by atoms with Gasteiger partial charge in [0.25, 0.3) is 6.47 Å². The van der Waals surface area contributed by atoms with E-state index in [0.29, 0.717) is 12.5 Å². The van der Waals surface area contributed by atoms with Crippen molar-refractivity contribution in [2.75, 3.05) is 0 Å². The molecule has 0 saturated carbocycles. The highest BCUT2D eigenvalue weighted by atomic mass is 35.5. The van der Waals surface area contributed by atoms with E-state index in [1.807, 2.05) is 0 Å². The molecule has 1 rings (SSSR count). The molecule has 0 radical (unpaired) electrons. The molecule has 2 atom stereocenters. The number of carbonyl (C=O) groups excluding carboxylic acids is 1. The highest BCUT2D eigenvalue weighted by Crippen LogP contribution is 2.16. The standard InChI is InChI=1S/C8H15NO2.ClH/c1-2-3-7-4-5-8(9-7)11-6-10;/h6-9H,2-5H2,1H3;1H/t7-,8-;/m0./s1. The van der Waals surface area contributed by atoms with E-state index in [9.17, 15) is 4.79 Å². The highest BCUT2D eigenvalue weighted by molar-refractivity contribution is 5.85. The van der Waals surface area contributed by atoms with Crippen molar-refractivity contribution in [1.82, 2.24) is 5.32 Å². The average molecular weight is 194 g/mol. The van der Waals surface area contributed by atoms with Crippen LogP contribution in [0.25, 0.3) is 0 Å². The van der Waals surface area contributed by atoms with E-state index < -0.39 is 0 Å². The third-order valence-corrected chi connectivity index (χ3v) is 2.06. The molecule has 1 saturated heterocycles. The molecular formula is C8H16ClNO2. The molecule has 0 unspecified atom stereocenters. The lowest BCUT2D eigenvalue weighted by molar-refractivity contribution is -0.134. The van der Waals surface area contributed by atoms with E-state index in [1.165, 1.54) is 12.8 Å². The number of hydrogen-bond acceptors (Lipinski definition) is 3. The van der Waals surface area contributed by atoms with E-state index in [-0.39, 0.29) is 18.6 Å². The predicted molar refractivity (Wildman–Crippen MR) is 49.3 cm³/mol. The minimum absolute atomic E-state index is 0. The quantitative estimate of drug-likeness (QED) is 0.688. The molecule has 12 heavy (non-hydrogen) atoms. The van der Waals surface area contributed by atoms with Gasteiger partial charge in [0.2, 0.25) is 0 Å². The third-order valence-electron chi connectivity index (χ3n) is 2.06. The van der Waals surface area contributed by atoms with Crippen LogP contribution in [0.3, 0.4) is 0 Å². The lowest BCUT2D eigenvalue weighted by Crippen LogP contribution is -2.30. The van der Waals surface area contributed by atoms with Crippen LogP contribution in [0.5, 0.6) is 0 Å². The molecule has 1 aliphatic heterocycles. The van der Waals surface area contributed by atoms with Crippen LogP contribution in [0, 0.1) is 0 Å². The minimum atomic E-state index is -0.0240. The summed E-state index contributed by atoms with van der Waals surface area (Å²) in [6.45, 7) is 2.68. The molecule has 0 aromatic carbocycles. The van der Waals surface area contributed by atoms with Crippen molar-refractivity contribution in [3.63, 3.8) is 0 Å². The largest absolute Gasteiger partial charge is 0.449 e. The number of rotatable bonds is 4. The first kappa shape index (κ1) is 11.7. The van der Waals surface area contributed by atoms with Gasteiger partial charge in [-0.3, -0.25) is 10.1 Å². The lowest BCUT2D eigenvalue weighted by Gasteiger charge is -2.11. The Hall–Kier alpha value is -0.280. The van der Waals surface area contributed by atoms with Crippen molar-refractivity contribution >= 4 is 18.9 Å². The summed E-state index contributed by atoms with van der Waals surface area (Å²) in [7, 11) is 0. The van der Waals surface area contributed by atoms with Crippen molar-refractivity contribution in [3.05, 3.63) is 0 Å². The van der Waals surface area contributed by atoms with Gasteiger partial charge < -0.3 is 4.74 Å². The Morgan fingerprint density at radius 2 is 2.33 bits per heavy atom. The molecule has 0 bridgehead atoms. The fourth-order valence-electron chi connectivity index (χ4n) is 1.53. The normalized spacial score (nSPS) is 27.8. The first-order valence-corrected chi connectivity index (χ1v) is 4.22. The summed E-state index contributed by atoms with van der Waals surface area (Å²) in [4.78, 5) is 9.96. The second-order valence-corrected chi connectivity index (χ2v) is 2.95. The van der Waals surface area contributed by atoms with Crippen molar-refractivity contribution in [3.8, 4) is 0 Å². The Balaban J connectivity index is 0.00000121. The predicted octanol–water partition coefficient (Wildman–Crippen LogP) is 1.46. The van der Waals surface area contributed by atoms with Crippen LogP contribution in [0.2, 0.25) is 0 Å². The van der Waals surface area contributed by atoms with Crippen molar-refractivity contribution < 1.29 is 9.53 Å². The molecule has 4 heteroatoms. The molecule has 1 N–H and O–H groups in total. The Kier molecular flexibility index (Phi) is 6.11. The van der Waals surface area contributed by atoms with Gasteiger partial charge in [-0.25, -0.2) is 0 Å². The lowest BCUT2D eigenvalue weighted by atomic mass is 10.1. The van der Waals surface area contributed by atoms with Gasteiger partial charge >= 0.3 is 0 Å². The van der Waals surface area contributed by atoms with Gasteiger partial charge in [-0.05, 0) is 19.3 Å². The molecule has 72 valence electrons. The Bertz CT molecular complexity index is 132. The van der Waals surface area contributed by atoms with Crippen LogP contribution in [0.1, 0.15) is 32.6 Å². The second-order valence-electron chi connectivity index (χ2n) is 2.95. The van der Waals surface area contributed by atoms with Crippen LogP contribution < -0.4 is 5.32 Å². The van der Waals surface area contributed by atoms with Gasteiger partial charge in [0.1, 0.15) is 0 Å². The highest BCUT2D eigenvalue weighted by Gasteiger charge is 2.23. The zero-order chi connectivity index (χ0) is 8.10. The van der Waals surface area contributed by atoms with Crippen LogP contribution in [-0.4, -0.2) is 18.7 Å². The first-order chi connectivity index (χ1) is 5.36. The van der Waals surface area contributed by atoms with Gasteiger partial charge in [0.05, 0.1) is 0 Å². The molecule has 1 heterocycles. The maximum absolute atomic E-state index is 9.96. The summed E-state index contributed by atoms with van der Waals surface area (Å²) >= 11 is 0. The molecule has 0 aromatic heterocycles. The molecule has 0 aromatic rings. The van der Waals surface area contributed by atoms with Gasteiger partial charge in [-0.15, -0.1) is 12.4 Å². The summed E-state index contributed by atoms with van der Waals surface area (Å²) in [6.07, 6.45) is 4.43. The number of nitrogens with one attached hydrogen (secondary N) is 1. The molecule has 1 aliphatic rings. The van der Waals surface area contributed by atoms with Gasteiger partial charge in [-0.1, -0.05) is 13.3 Å². The number of carbonyl (C=O) groups is 1. The monoisotopic (exact) mass is 193 g/mol. The fourth-order valence-corrected chi connectivity index (χ4v) is 1.53. The van der Waals surface area contributed by atoms with E-state index in [2.05, 4.69) is 12.2 Å². The van der Waals surface area contributed by atoms with Gasteiger partial charge in [0, 0.05) is 6.04 Å². The Labute approximate surface area is 79.3 Å². The third kappa shape index (κ3) is 3.41. The average Bonchev–Trinajstić information content (AvgIpc) is 2.38. The van der Waals surface area contributed by atoms with E-state index >= 15 is 0 Å². The molecule has 0 amide bonds. The summed E-state index contributed by atoms with van der Waals surface area (Å²) < 4.78 is 4.79. The smallest absolute Gasteiger partial charge is 0.294 e. The van der Waals surface area contributed by atoms with Crippen molar-refractivity contribution in [1.29, 1.82) is 0 Å². The van der Waals surface area contributed by atoms with Gasteiger partial charge in [0.15, 0.2) is 6.23 Å². The summed E-state index contributed by atoms with van der Waals surface area (Å²) in [5, 5.41) is 3.24. The van der Waals surface area contributed by atoms with Crippen molar-refractivity contribution in [2.24, 2.45) is 0 Å². The fraction of sp³-hybridized carbons (Fsp3) is 0.875. The van der Waals surface area contributed by atoms with Gasteiger partial charge in [-0.2, -0.15) is 0 Å². The number of halogens is 1. The van der Waals surface area contributed by atoms with Crippen molar-refractivity contribution in [2.45, 2.75) is 44.9 Å². The molecule has 3 nitrogen and oxygen atoms in total. The van der Waals surface area contributed by atoms with Crippen LogP contribution in [0.15, 0.2) is 0 Å². The van der Waals surface area contributed by atoms with E-state index in [0.717, 1.165) is 12.8 Å². The maximum atomic E-state index is 9.96. The van der Waals surface area contributed by atoms with E-state index in [4.69, 9.17) is 4.74 Å². The molecular weight excluding hydrogens is 178 g/mol. The maximum Gasteiger partial charge on any atom is 0.294 e. The minimum Gasteiger partial charge on any atom is -0.449 e. The zero-order valence-corrected chi connectivity index (χ0v) is 8.10. The summed E-state index contributed by atoms with van der Waals surface area (Å²) in [5.74, 6) is 0. The van der Waals surface area contributed by atoms with E-state index in [1.54, 1.807) is 0 Å². The van der Waals surface area contributed by atoms with Crippen LogP contribution in [0.4, 0.5) is 0 Å². The Morgan fingerprint density at radius 3 is 2.92 bits per heavy atom. The molecule has 0 aliphatic carbocycles. The number of hydrogen-bond donors (Lipinski definition) is 1. The number of ether oxygens (including phenoxy) is 1. The van der Waals surface area contributed by atoms with Crippen LogP contribution >= 0.6 is 12.4 Å². The SMILES string of the molecule is CCC[C@H]1CC[C@H](OC=O)N1.Cl. The molecule has 0 spiro atoms. The second kappa shape index (κ2) is 6.26. The Morgan fingerprint density at radius 1 is 1.58 bits per heavy atom. The van der Waals surface area contributed by atoms with Crippen LogP contribution in [-0.2, 0) is 9.53 Å². The molecule has 1 fully saturated rings. The summed E-state index contributed by atoms with van der Waals surface area (Å²) in [6, 6.07) is 0.560. The first-order valence-electron chi connectivity index (χ1n) is 4.22. The topological polar surface area (TPSA) is 38.3 Å².